The van der Waals surface area contributed by atoms with Crippen LogP contribution in [0.15, 0.2) is 29.0 Å². The van der Waals surface area contributed by atoms with Crippen molar-refractivity contribution in [3.63, 3.8) is 0 Å². The second kappa shape index (κ2) is 4.14. The van der Waals surface area contributed by atoms with Crippen LogP contribution in [0.4, 0.5) is 5.69 Å². The molecule has 2 aromatic rings. The Labute approximate surface area is 102 Å². The first-order valence-corrected chi connectivity index (χ1v) is 5.66. The Kier molecular flexibility index (Phi) is 2.47. The Hall–Kier alpha value is -2.37. The van der Waals surface area contributed by atoms with Gasteiger partial charge in [-0.15, -0.1) is 0 Å². The maximum Gasteiger partial charge on any atom is 0.246 e. The van der Waals surface area contributed by atoms with Crippen LogP contribution in [0.2, 0.25) is 0 Å². The lowest BCUT2D eigenvalue weighted by atomic mass is 10.2. The second-order valence-electron chi connectivity index (χ2n) is 4.18. The van der Waals surface area contributed by atoms with Crippen LogP contribution >= 0.6 is 0 Å². The topological polar surface area (TPSA) is 84.2 Å². The first kappa shape index (κ1) is 10.8. The normalized spacial score (nSPS) is 18.9. The van der Waals surface area contributed by atoms with E-state index >= 15 is 0 Å². The third-order valence-electron chi connectivity index (χ3n) is 2.91. The molecule has 6 nitrogen and oxygen atoms in total. The van der Waals surface area contributed by atoms with Crippen LogP contribution in [0.5, 0.6) is 0 Å². The summed E-state index contributed by atoms with van der Waals surface area (Å²) < 4.78 is 5.11. The van der Waals surface area contributed by atoms with E-state index in [1.165, 1.54) is 6.39 Å². The second-order valence-corrected chi connectivity index (χ2v) is 4.18. The molecule has 0 aliphatic carbocycles. The summed E-state index contributed by atoms with van der Waals surface area (Å²) in [5.74, 6) is -0.286. The minimum Gasteiger partial charge on any atom is -0.443 e. The van der Waals surface area contributed by atoms with Crippen molar-refractivity contribution in [2.45, 2.75) is 18.9 Å². The first-order valence-electron chi connectivity index (χ1n) is 5.66. The van der Waals surface area contributed by atoms with Gasteiger partial charge >= 0.3 is 0 Å². The highest BCUT2D eigenvalue weighted by Crippen LogP contribution is 2.18. The van der Waals surface area contributed by atoms with E-state index in [4.69, 9.17) is 4.42 Å². The van der Waals surface area contributed by atoms with Gasteiger partial charge in [-0.25, -0.2) is 4.98 Å². The number of anilines is 1. The maximum atomic E-state index is 11.9. The van der Waals surface area contributed by atoms with Crippen molar-refractivity contribution < 1.29 is 14.0 Å². The summed E-state index contributed by atoms with van der Waals surface area (Å²) in [4.78, 5) is 26.9. The number of aromatic nitrogens is 1. The molecule has 0 radical (unpaired) electrons. The monoisotopic (exact) mass is 245 g/mol. The lowest BCUT2D eigenvalue weighted by Gasteiger charge is -2.10. The van der Waals surface area contributed by atoms with Crippen molar-refractivity contribution in [1.82, 2.24) is 10.3 Å². The van der Waals surface area contributed by atoms with E-state index in [1.807, 2.05) is 0 Å². The van der Waals surface area contributed by atoms with Gasteiger partial charge in [-0.05, 0) is 24.6 Å². The zero-order valence-electron chi connectivity index (χ0n) is 9.47. The van der Waals surface area contributed by atoms with Crippen LogP contribution < -0.4 is 10.6 Å². The van der Waals surface area contributed by atoms with Crippen molar-refractivity contribution in [3.8, 4) is 0 Å². The predicted molar refractivity (Wildman–Crippen MR) is 63.8 cm³/mol. The molecule has 1 aliphatic heterocycles. The van der Waals surface area contributed by atoms with Crippen molar-refractivity contribution in [1.29, 1.82) is 0 Å². The van der Waals surface area contributed by atoms with Gasteiger partial charge in [0, 0.05) is 12.1 Å². The van der Waals surface area contributed by atoms with Crippen molar-refractivity contribution in [2.24, 2.45) is 0 Å². The lowest BCUT2D eigenvalue weighted by Crippen LogP contribution is -2.37. The molecule has 6 heteroatoms. The molecule has 3 rings (SSSR count). The van der Waals surface area contributed by atoms with Gasteiger partial charge in [0.05, 0.1) is 0 Å². The fraction of sp³-hybridized carbons (Fsp3) is 0.250. The van der Waals surface area contributed by atoms with Gasteiger partial charge in [-0.1, -0.05) is 0 Å². The van der Waals surface area contributed by atoms with Crippen LogP contribution in [0.25, 0.3) is 11.1 Å². The Bertz CT molecular complexity index is 620. The molecule has 1 fully saturated rings. The summed E-state index contributed by atoms with van der Waals surface area (Å²) in [6.45, 7) is 0. The molecule has 1 unspecified atom stereocenters. The zero-order valence-corrected chi connectivity index (χ0v) is 9.47. The Balaban J connectivity index is 1.75. The first-order chi connectivity index (χ1) is 8.72. The molecule has 1 aromatic heterocycles. The van der Waals surface area contributed by atoms with E-state index in [1.54, 1.807) is 18.2 Å². The molecule has 0 spiro atoms. The average molecular weight is 245 g/mol. The minimum absolute atomic E-state index is 0.0814. The van der Waals surface area contributed by atoms with Crippen LogP contribution in [0, 0.1) is 0 Å². The van der Waals surface area contributed by atoms with E-state index in [-0.39, 0.29) is 11.8 Å². The van der Waals surface area contributed by atoms with Crippen LogP contribution in [0.3, 0.4) is 0 Å². The Morgan fingerprint density at radius 1 is 1.50 bits per heavy atom. The lowest BCUT2D eigenvalue weighted by molar-refractivity contribution is -0.122. The average Bonchev–Trinajstić information content (AvgIpc) is 2.96. The number of carbonyl (C=O) groups is 2. The smallest absolute Gasteiger partial charge is 0.246 e. The number of hydrogen-bond acceptors (Lipinski definition) is 4. The minimum atomic E-state index is -0.439. The molecular formula is C12H11N3O3. The molecule has 2 heterocycles. The molecule has 1 aliphatic rings. The van der Waals surface area contributed by atoms with E-state index in [9.17, 15) is 9.59 Å². The van der Waals surface area contributed by atoms with E-state index in [2.05, 4.69) is 15.6 Å². The number of benzene rings is 1. The SMILES string of the molecule is O=C1CCC(C(=O)Nc2ccc3ocnc3c2)N1. The summed E-state index contributed by atoms with van der Waals surface area (Å²) in [7, 11) is 0. The van der Waals surface area contributed by atoms with E-state index in [0.717, 1.165) is 0 Å². The summed E-state index contributed by atoms with van der Waals surface area (Å²) in [6, 6.07) is 4.77. The van der Waals surface area contributed by atoms with Crippen molar-refractivity contribution >= 4 is 28.6 Å². The summed E-state index contributed by atoms with van der Waals surface area (Å²) in [6.07, 6.45) is 2.30. The standard InChI is InChI=1S/C12H11N3O3/c16-11-4-2-8(15-11)12(17)14-7-1-3-10-9(5-7)13-6-18-10/h1,3,5-6,8H,2,4H2,(H,14,17)(H,15,16). The highest BCUT2D eigenvalue weighted by Gasteiger charge is 2.27. The quantitative estimate of drug-likeness (QED) is 0.828. The van der Waals surface area contributed by atoms with E-state index < -0.39 is 6.04 Å². The molecule has 92 valence electrons. The predicted octanol–water partition coefficient (Wildman–Crippen LogP) is 1.04. The van der Waals surface area contributed by atoms with Gasteiger partial charge in [0.15, 0.2) is 12.0 Å². The Morgan fingerprint density at radius 2 is 2.39 bits per heavy atom. The third-order valence-corrected chi connectivity index (χ3v) is 2.91. The molecule has 0 bridgehead atoms. The number of rotatable bonds is 2. The number of amides is 2. The van der Waals surface area contributed by atoms with Gasteiger partial charge in [0.2, 0.25) is 11.8 Å². The molecule has 1 atom stereocenters. The van der Waals surface area contributed by atoms with E-state index in [0.29, 0.717) is 29.6 Å². The summed E-state index contributed by atoms with van der Waals surface area (Å²) in [5.41, 5.74) is 1.99. The van der Waals surface area contributed by atoms with Gasteiger partial charge in [-0.2, -0.15) is 0 Å². The summed E-state index contributed by atoms with van der Waals surface area (Å²) in [5, 5.41) is 5.37. The number of carbonyl (C=O) groups excluding carboxylic acids is 2. The number of nitrogens with zero attached hydrogens (tertiary/aromatic N) is 1. The van der Waals surface area contributed by atoms with Crippen LogP contribution in [0.1, 0.15) is 12.8 Å². The highest BCUT2D eigenvalue weighted by atomic mass is 16.3. The van der Waals surface area contributed by atoms with Crippen LogP contribution in [-0.2, 0) is 9.59 Å². The highest BCUT2D eigenvalue weighted by molar-refractivity contribution is 5.99. The Morgan fingerprint density at radius 3 is 3.17 bits per heavy atom. The van der Waals surface area contributed by atoms with Crippen molar-refractivity contribution in [2.75, 3.05) is 5.32 Å². The molecular weight excluding hydrogens is 234 g/mol. The zero-order chi connectivity index (χ0) is 12.5. The fourth-order valence-corrected chi connectivity index (χ4v) is 1.98. The molecule has 1 aromatic carbocycles. The number of fused-ring (bicyclic) bond motifs is 1. The third kappa shape index (κ3) is 1.92. The molecule has 0 saturated carbocycles. The largest absolute Gasteiger partial charge is 0.443 e. The van der Waals surface area contributed by atoms with Crippen LogP contribution in [-0.4, -0.2) is 22.8 Å². The van der Waals surface area contributed by atoms with Gasteiger partial charge < -0.3 is 15.1 Å². The molecule has 1 saturated heterocycles. The number of oxazole rings is 1. The maximum absolute atomic E-state index is 11.9. The van der Waals surface area contributed by atoms with Gasteiger partial charge in [0.25, 0.3) is 0 Å². The number of hydrogen-bond donors (Lipinski definition) is 2. The molecule has 2 N–H and O–H groups in total. The molecule has 18 heavy (non-hydrogen) atoms. The summed E-state index contributed by atoms with van der Waals surface area (Å²) >= 11 is 0. The van der Waals surface area contributed by atoms with Gasteiger partial charge in [-0.3, -0.25) is 9.59 Å². The molecule has 2 amide bonds. The van der Waals surface area contributed by atoms with Gasteiger partial charge in [0.1, 0.15) is 11.6 Å². The van der Waals surface area contributed by atoms with Crippen molar-refractivity contribution in [3.05, 3.63) is 24.6 Å². The fourth-order valence-electron chi connectivity index (χ4n) is 1.98. The number of nitrogens with one attached hydrogen (secondary N) is 2.